The average molecular weight is 283 g/mol. The van der Waals surface area contributed by atoms with Crippen molar-refractivity contribution in [2.75, 3.05) is 6.61 Å². The summed E-state index contributed by atoms with van der Waals surface area (Å²) < 4.78 is 42.6. The number of hydrogen-bond acceptors (Lipinski definition) is 3. The van der Waals surface area contributed by atoms with Crippen molar-refractivity contribution in [2.24, 2.45) is 0 Å². The van der Waals surface area contributed by atoms with Crippen molar-refractivity contribution in [1.29, 1.82) is 5.26 Å². The van der Waals surface area contributed by atoms with Crippen LogP contribution in [0.15, 0.2) is 24.3 Å². The van der Waals surface area contributed by atoms with Gasteiger partial charge >= 0.3 is 12.1 Å². The summed E-state index contributed by atoms with van der Waals surface area (Å²) in [5.41, 5.74) is -0.774. The molecule has 0 aliphatic carbocycles. The first-order chi connectivity index (χ1) is 9.36. The molecular weight excluding hydrogens is 271 g/mol. The van der Waals surface area contributed by atoms with Gasteiger partial charge in [-0.2, -0.15) is 18.4 Å². The molecule has 0 spiro atoms. The number of nitriles is 1. The molecule has 0 aliphatic rings. The van der Waals surface area contributed by atoms with Crippen molar-refractivity contribution in [2.45, 2.75) is 19.5 Å². The molecule has 6 heteroatoms. The van der Waals surface area contributed by atoms with Crippen LogP contribution in [0.3, 0.4) is 0 Å². The molecular formula is C14H12F3NO2. The van der Waals surface area contributed by atoms with E-state index in [4.69, 9.17) is 5.26 Å². The Bertz CT molecular complexity index is 557. The Labute approximate surface area is 114 Å². The average Bonchev–Trinajstić information content (AvgIpc) is 2.37. The van der Waals surface area contributed by atoms with Crippen LogP contribution in [0.1, 0.15) is 30.0 Å². The minimum absolute atomic E-state index is 0.0357. The lowest BCUT2D eigenvalue weighted by Crippen LogP contribution is -2.05. The second-order valence-electron chi connectivity index (χ2n) is 3.86. The molecule has 0 fully saturated rings. The Balaban J connectivity index is 2.93. The molecule has 0 radical (unpaired) electrons. The largest absolute Gasteiger partial charge is 0.466 e. The number of esters is 1. The first-order valence-corrected chi connectivity index (χ1v) is 5.81. The van der Waals surface area contributed by atoms with E-state index in [0.29, 0.717) is 0 Å². The van der Waals surface area contributed by atoms with E-state index in [1.54, 1.807) is 13.0 Å². The van der Waals surface area contributed by atoms with Gasteiger partial charge in [0, 0.05) is 0 Å². The van der Waals surface area contributed by atoms with Gasteiger partial charge in [0.15, 0.2) is 0 Å². The Hall–Kier alpha value is -2.29. The highest BCUT2D eigenvalue weighted by Crippen LogP contribution is 2.30. The lowest BCUT2D eigenvalue weighted by atomic mass is 10.1. The van der Waals surface area contributed by atoms with Gasteiger partial charge in [-0.3, -0.25) is 4.79 Å². The fourth-order valence-corrected chi connectivity index (χ4v) is 1.49. The standard InChI is InChI=1S/C14H12F3NO2/c1-2-20-13(19)5-3-4-10-6-11(9-18)8-12(7-10)14(15,16)17/h3-4,6-8H,2,5H2,1H3. The van der Waals surface area contributed by atoms with E-state index in [1.807, 2.05) is 0 Å². The van der Waals surface area contributed by atoms with Gasteiger partial charge in [0.1, 0.15) is 0 Å². The van der Waals surface area contributed by atoms with Gasteiger partial charge in [0.05, 0.1) is 30.2 Å². The van der Waals surface area contributed by atoms with E-state index < -0.39 is 17.7 Å². The number of carbonyl (C=O) groups excluding carboxylic acids is 1. The summed E-state index contributed by atoms with van der Waals surface area (Å²) in [4.78, 5) is 11.1. The zero-order valence-electron chi connectivity index (χ0n) is 10.7. The van der Waals surface area contributed by atoms with Gasteiger partial charge < -0.3 is 4.74 Å². The highest BCUT2D eigenvalue weighted by Gasteiger charge is 2.31. The second-order valence-corrected chi connectivity index (χ2v) is 3.86. The fourth-order valence-electron chi connectivity index (χ4n) is 1.49. The van der Waals surface area contributed by atoms with Gasteiger partial charge in [-0.15, -0.1) is 0 Å². The number of ether oxygens (including phenoxy) is 1. The SMILES string of the molecule is CCOC(=O)CC=Cc1cc(C#N)cc(C(F)(F)F)c1. The predicted octanol–water partition coefficient (Wildman–Crippen LogP) is 3.54. The summed E-state index contributed by atoms with van der Waals surface area (Å²) in [6.45, 7) is 1.91. The molecule has 3 nitrogen and oxygen atoms in total. The molecule has 0 amide bonds. The van der Waals surface area contributed by atoms with Crippen molar-refractivity contribution in [3.05, 3.63) is 41.0 Å². The number of benzene rings is 1. The second kappa shape index (κ2) is 6.75. The zero-order valence-corrected chi connectivity index (χ0v) is 10.7. The van der Waals surface area contributed by atoms with Crippen molar-refractivity contribution in [3.63, 3.8) is 0 Å². The third kappa shape index (κ3) is 4.76. The van der Waals surface area contributed by atoms with Crippen LogP contribution in [0.2, 0.25) is 0 Å². The van der Waals surface area contributed by atoms with Gasteiger partial charge in [-0.1, -0.05) is 12.2 Å². The minimum atomic E-state index is -4.52. The maximum absolute atomic E-state index is 12.6. The molecule has 1 aromatic rings. The quantitative estimate of drug-likeness (QED) is 0.794. The number of rotatable bonds is 4. The van der Waals surface area contributed by atoms with E-state index >= 15 is 0 Å². The van der Waals surface area contributed by atoms with Crippen molar-refractivity contribution >= 4 is 12.0 Å². The highest BCUT2D eigenvalue weighted by atomic mass is 19.4. The van der Waals surface area contributed by atoms with Crippen LogP contribution in [0.25, 0.3) is 6.08 Å². The molecule has 0 heterocycles. The van der Waals surface area contributed by atoms with Crippen molar-refractivity contribution in [3.8, 4) is 6.07 Å². The summed E-state index contributed by atoms with van der Waals surface area (Å²) >= 11 is 0. The van der Waals surface area contributed by atoms with Gasteiger partial charge in [-0.05, 0) is 30.7 Å². The zero-order chi connectivity index (χ0) is 15.2. The summed E-state index contributed by atoms with van der Waals surface area (Å²) in [6, 6.07) is 4.69. The smallest absolute Gasteiger partial charge is 0.416 e. The van der Waals surface area contributed by atoms with Gasteiger partial charge in [0.25, 0.3) is 0 Å². The third-order valence-electron chi connectivity index (χ3n) is 2.31. The van der Waals surface area contributed by atoms with E-state index in [1.165, 1.54) is 18.2 Å². The molecule has 106 valence electrons. The molecule has 0 saturated carbocycles. The number of nitrogens with zero attached hydrogens (tertiary/aromatic N) is 1. The summed E-state index contributed by atoms with van der Waals surface area (Å²) in [6.07, 6.45) is -1.80. The normalized spacial score (nSPS) is 11.3. The van der Waals surface area contributed by atoms with Crippen LogP contribution >= 0.6 is 0 Å². The van der Waals surface area contributed by atoms with Crippen LogP contribution < -0.4 is 0 Å². The molecule has 20 heavy (non-hydrogen) atoms. The predicted molar refractivity (Wildman–Crippen MR) is 66.4 cm³/mol. The maximum Gasteiger partial charge on any atom is 0.416 e. The van der Waals surface area contributed by atoms with E-state index in [9.17, 15) is 18.0 Å². The molecule has 0 bridgehead atoms. The van der Waals surface area contributed by atoms with E-state index in [-0.39, 0.29) is 24.2 Å². The number of halogens is 3. The van der Waals surface area contributed by atoms with Gasteiger partial charge in [0.2, 0.25) is 0 Å². The van der Waals surface area contributed by atoms with Crippen LogP contribution in [-0.2, 0) is 15.7 Å². The molecule has 1 aromatic carbocycles. The lowest BCUT2D eigenvalue weighted by Gasteiger charge is -2.08. The molecule has 0 atom stereocenters. The topological polar surface area (TPSA) is 50.1 Å². The van der Waals surface area contributed by atoms with Crippen LogP contribution in [0.4, 0.5) is 13.2 Å². The van der Waals surface area contributed by atoms with E-state index in [2.05, 4.69) is 4.74 Å². The Morgan fingerprint density at radius 1 is 1.40 bits per heavy atom. The van der Waals surface area contributed by atoms with Crippen LogP contribution in [-0.4, -0.2) is 12.6 Å². The molecule has 0 unspecified atom stereocenters. The van der Waals surface area contributed by atoms with E-state index in [0.717, 1.165) is 12.1 Å². The third-order valence-corrected chi connectivity index (χ3v) is 2.31. The molecule has 0 aliphatic heterocycles. The maximum atomic E-state index is 12.6. The van der Waals surface area contributed by atoms with Crippen LogP contribution in [0.5, 0.6) is 0 Å². The molecule has 0 aromatic heterocycles. The highest BCUT2D eigenvalue weighted by molar-refractivity contribution is 5.72. The monoisotopic (exact) mass is 283 g/mol. The number of hydrogen-bond donors (Lipinski definition) is 0. The Morgan fingerprint density at radius 3 is 2.65 bits per heavy atom. The van der Waals surface area contributed by atoms with Crippen LogP contribution in [0, 0.1) is 11.3 Å². The number of alkyl halides is 3. The summed E-state index contributed by atoms with van der Waals surface area (Å²) in [5.74, 6) is -0.462. The summed E-state index contributed by atoms with van der Waals surface area (Å²) in [7, 11) is 0. The van der Waals surface area contributed by atoms with Crippen molar-refractivity contribution in [1.82, 2.24) is 0 Å². The fraction of sp³-hybridized carbons (Fsp3) is 0.286. The Kier molecular flexibility index (Phi) is 5.32. The molecule has 0 N–H and O–H groups in total. The first-order valence-electron chi connectivity index (χ1n) is 5.81. The molecule has 0 saturated heterocycles. The van der Waals surface area contributed by atoms with Gasteiger partial charge in [-0.25, -0.2) is 0 Å². The Morgan fingerprint density at radius 2 is 2.10 bits per heavy atom. The first kappa shape index (κ1) is 15.8. The number of carbonyl (C=O) groups is 1. The van der Waals surface area contributed by atoms with Crippen molar-refractivity contribution < 1.29 is 22.7 Å². The summed E-state index contributed by atoms with van der Waals surface area (Å²) in [5, 5.41) is 8.72. The lowest BCUT2D eigenvalue weighted by molar-refractivity contribution is -0.142. The molecule has 1 rings (SSSR count). The minimum Gasteiger partial charge on any atom is -0.466 e.